The van der Waals surface area contributed by atoms with Crippen LogP contribution in [0.5, 0.6) is 0 Å². The van der Waals surface area contributed by atoms with Gasteiger partial charge in [0.15, 0.2) is 0 Å². The second-order valence-corrected chi connectivity index (χ2v) is 5.63. The number of nitrogens with zero attached hydrogens (tertiary/aromatic N) is 3. The van der Waals surface area contributed by atoms with Crippen molar-refractivity contribution < 1.29 is 0 Å². The van der Waals surface area contributed by atoms with E-state index in [1.54, 1.807) is 17.5 Å². The van der Waals surface area contributed by atoms with E-state index < -0.39 is 0 Å². The number of para-hydroxylation sites is 2. The maximum atomic E-state index is 5.66. The molecule has 20 heavy (non-hydrogen) atoms. The zero-order valence-corrected chi connectivity index (χ0v) is 11.9. The summed E-state index contributed by atoms with van der Waals surface area (Å²) in [6, 6.07) is 7.71. The van der Waals surface area contributed by atoms with Crippen molar-refractivity contribution in [3.05, 3.63) is 52.2 Å². The summed E-state index contributed by atoms with van der Waals surface area (Å²) in [5, 5.41) is 3.11. The molecule has 0 saturated heterocycles. The average molecular weight is 285 g/mol. The third kappa shape index (κ3) is 2.67. The molecule has 0 saturated carbocycles. The zero-order chi connectivity index (χ0) is 13.9. The fraction of sp³-hybridized carbons (Fsp3) is 0.214. The van der Waals surface area contributed by atoms with Crippen molar-refractivity contribution in [1.29, 1.82) is 0 Å². The summed E-state index contributed by atoms with van der Waals surface area (Å²) in [7, 11) is 0. The third-order valence-corrected chi connectivity index (χ3v) is 3.93. The quantitative estimate of drug-likeness (QED) is 0.567. The van der Waals surface area contributed by atoms with Gasteiger partial charge in [-0.2, -0.15) is 0 Å². The first-order chi connectivity index (χ1) is 9.76. The summed E-state index contributed by atoms with van der Waals surface area (Å²) in [4.78, 5) is 13.5. The fourth-order valence-corrected chi connectivity index (χ4v) is 2.72. The molecule has 0 radical (unpaired) electrons. The van der Waals surface area contributed by atoms with E-state index in [-0.39, 0.29) is 6.04 Å². The minimum absolute atomic E-state index is 0.0893. The first kappa shape index (κ1) is 13.1. The molecule has 1 atom stereocenters. The molecular weight excluding hydrogens is 270 g/mol. The average Bonchev–Trinajstić information content (AvgIpc) is 2.89. The lowest BCUT2D eigenvalue weighted by atomic mass is 10.1. The van der Waals surface area contributed by atoms with Gasteiger partial charge in [0.05, 0.1) is 39.7 Å². The van der Waals surface area contributed by atoms with Crippen molar-refractivity contribution in [2.75, 3.05) is 0 Å². The number of thiazole rings is 1. The minimum atomic E-state index is -0.0893. The van der Waals surface area contributed by atoms with Crippen molar-refractivity contribution in [3.63, 3.8) is 0 Å². The van der Waals surface area contributed by atoms with Crippen LogP contribution in [-0.4, -0.2) is 15.0 Å². The van der Waals surface area contributed by atoms with Crippen molar-refractivity contribution in [2.24, 2.45) is 5.84 Å². The van der Waals surface area contributed by atoms with Gasteiger partial charge in [0, 0.05) is 11.8 Å². The summed E-state index contributed by atoms with van der Waals surface area (Å²) >= 11 is 1.64. The Kier molecular flexibility index (Phi) is 3.68. The number of fused-ring (bicyclic) bond motifs is 1. The Labute approximate surface area is 120 Å². The van der Waals surface area contributed by atoms with E-state index in [0.717, 1.165) is 27.4 Å². The van der Waals surface area contributed by atoms with Crippen molar-refractivity contribution in [1.82, 2.24) is 20.4 Å². The number of aromatic nitrogens is 3. The molecule has 0 aliphatic rings. The van der Waals surface area contributed by atoms with Crippen LogP contribution >= 0.6 is 11.3 Å². The number of aryl methyl sites for hydroxylation is 1. The number of nitrogens with one attached hydrogen (secondary N) is 1. The highest BCUT2D eigenvalue weighted by Gasteiger charge is 2.14. The molecule has 0 aliphatic heterocycles. The van der Waals surface area contributed by atoms with Gasteiger partial charge in [-0.3, -0.25) is 16.3 Å². The van der Waals surface area contributed by atoms with E-state index in [0.29, 0.717) is 6.42 Å². The maximum absolute atomic E-state index is 5.66. The normalized spacial score (nSPS) is 12.7. The molecule has 2 aromatic heterocycles. The predicted molar refractivity (Wildman–Crippen MR) is 80.2 cm³/mol. The van der Waals surface area contributed by atoms with Gasteiger partial charge in [0.25, 0.3) is 0 Å². The lowest BCUT2D eigenvalue weighted by molar-refractivity contribution is 0.533. The van der Waals surface area contributed by atoms with Gasteiger partial charge in [-0.05, 0) is 19.1 Å². The SMILES string of the molecule is Cc1nc(CC(NN)c2cnc3ccccc3n2)cs1. The molecule has 102 valence electrons. The van der Waals surface area contributed by atoms with E-state index in [9.17, 15) is 0 Å². The molecular formula is C14H15N5S. The molecule has 2 heterocycles. The standard InChI is InChI=1S/C14H15N5S/c1-9-17-10(8-20-9)6-13(19-15)14-7-16-11-4-2-3-5-12(11)18-14/h2-5,7-8,13,19H,6,15H2,1H3. The number of nitrogens with two attached hydrogens (primary N) is 1. The Hall–Kier alpha value is -1.89. The molecule has 0 amide bonds. The lowest BCUT2D eigenvalue weighted by Crippen LogP contribution is -2.30. The van der Waals surface area contributed by atoms with Gasteiger partial charge in [0.2, 0.25) is 0 Å². The van der Waals surface area contributed by atoms with Gasteiger partial charge in [-0.1, -0.05) is 12.1 Å². The van der Waals surface area contributed by atoms with E-state index >= 15 is 0 Å². The molecule has 0 bridgehead atoms. The van der Waals surface area contributed by atoms with Crippen LogP contribution in [0.1, 0.15) is 22.4 Å². The molecule has 0 spiro atoms. The number of hydrogen-bond acceptors (Lipinski definition) is 6. The smallest absolute Gasteiger partial charge is 0.0897 e. The molecule has 5 nitrogen and oxygen atoms in total. The monoisotopic (exact) mass is 285 g/mol. The molecule has 1 aromatic carbocycles. The van der Waals surface area contributed by atoms with Gasteiger partial charge < -0.3 is 0 Å². The lowest BCUT2D eigenvalue weighted by Gasteiger charge is -2.14. The van der Waals surface area contributed by atoms with Gasteiger partial charge in [0.1, 0.15) is 0 Å². The summed E-state index contributed by atoms with van der Waals surface area (Å²) in [6.45, 7) is 1.99. The van der Waals surface area contributed by atoms with Gasteiger partial charge in [-0.25, -0.2) is 9.97 Å². The molecule has 0 aliphatic carbocycles. The van der Waals surface area contributed by atoms with Crippen LogP contribution in [0.15, 0.2) is 35.8 Å². The minimum Gasteiger partial charge on any atom is -0.271 e. The molecule has 6 heteroatoms. The summed E-state index contributed by atoms with van der Waals surface area (Å²) in [5.41, 5.74) is 6.41. The second-order valence-electron chi connectivity index (χ2n) is 4.56. The van der Waals surface area contributed by atoms with Crippen LogP contribution in [0.2, 0.25) is 0 Å². The highest BCUT2D eigenvalue weighted by Crippen LogP contribution is 2.19. The van der Waals surface area contributed by atoms with Crippen molar-refractivity contribution in [2.45, 2.75) is 19.4 Å². The number of hydrazine groups is 1. The Morgan fingerprint density at radius 1 is 1.25 bits per heavy atom. The van der Waals surface area contributed by atoms with E-state index in [1.165, 1.54) is 0 Å². The third-order valence-electron chi connectivity index (χ3n) is 3.11. The first-order valence-corrected chi connectivity index (χ1v) is 7.23. The molecule has 3 aromatic rings. The van der Waals surface area contributed by atoms with Crippen LogP contribution in [0, 0.1) is 6.92 Å². The maximum Gasteiger partial charge on any atom is 0.0897 e. The van der Waals surface area contributed by atoms with E-state index in [1.807, 2.05) is 36.6 Å². The highest BCUT2D eigenvalue weighted by atomic mass is 32.1. The number of hydrogen-bond donors (Lipinski definition) is 2. The van der Waals surface area contributed by atoms with Crippen LogP contribution in [0.25, 0.3) is 11.0 Å². The van der Waals surface area contributed by atoms with Crippen LogP contribution in [0.4, 0.5) is 0 Å². The Balaban J connectivity index is 1.90. The molecule has 0 fully saturated rings. The summed E-state index contributed by atoms with van der Waals surface area (Å²) in [6.07, 6.45) is 2.47. The number of rotatable bonds is 4. The zero-order valence-electron chi connectivity index (χ0n) is 11.1. The van der Waals surface area contributed by atoms with Gasteiger partial charge in [-0.15, -0.1) is 11.3 Å². The van der Waals surface area contributed by atoms with Crippen LogP contribution < -0.4 is 11.3 Å². The van der Waals surface area contributed by atoms with Crippen molar-refractivity contribution >= 4 is 22.4 Å². The van der Waals surface area contributed by atoms with Crippen molar-refractivity contribution in [3.8, 4) is 0 Å². The Morgan fingerprint density at radius 2 is 2.05 bits per heavy atom. The molecule has 3 rings (SSSR count). The number of benzene rings is 1. The van der Waals surface area contributed by atoms with E-state index in [4.69, 9.17) is 5.84 Å². The summed E-state index contributed by atoms with van der Waals surface area (Å²) < 4.78 is 0. The Morgan fingerprint density at radius 3 is 2.75 bits per heavy atom. The second kappa shape index (κ2) is 5.62. The van der Waals surface area contributed by atoms with Gasteiger partial charge >= 0.3 is 0 Å². The highest BCUT2D eigenvalue weighted by molar-refractivity contribution is 7.09. The summed E-state index contributed by atoms with van der Waals surface area (Å²) in [5.74, 6) is 5.66. The topological polar surface area (TPSA) is 76.7 Å². The van der Waals surface area contributed by atoms with Crippen LogP contribution in [-0.2, 0) is 6.42 Å². The fourth-order valence-electron chi connectivity index (χ4n) is 2.10. The molecule has 1 unspecified atom stereocenters. The first-order valence-electron chi connectivity index (χ1n) is 6.35. The van der Waals surface area contributed by atoms with E-state index in [2.05, 4.69) is 20.4 Å². The molecule has 3 N–H and O–H groups in total. The Bertz CT molecular complexity index is 724. The predicted octanol–water partition coefficient (Wildman–Crippen LogP) is 2.14. The largest absolute Gasteiger partial charge is 0.271 e. The van der Waals surface area contributed by atoms with Crippen LogP contribution in [0.3, 0.4) is 0 Å².